The maximum Gasteiger partial charge on any atom is 0.314 e. The molecule has 0 aromatic rings. The molecule has 0 aliphatic heterocycles. The molecule has 0 unspecified atom stereocenters. The molecular weight excluding hydrogens is 222 g/mol. The Morgan fingerprint density at radius 2 is 2.41 bits per heavy atom. The normalized spacial score (nSPS) is 20.9. The van der Waals surface area contributed by atoms with Crippen molar-refractivity contribution >= 4 is 17.6 Å². The molecule has 92 valence electrons. The second kappa shape index (κ2) is 6.63. The largest absolute Gasteiger partial charge is 0.465 e. The molecule has 0 saturated heterocycles. The van der Waals surface area contributed by atoms with Crippen LogP contribution in [-0.2, 0) is 14.3 Å². The molecule has 0 spiro atoms. The Morgan fingerprint density at radius 3 is 3.06 bits per heavy atom. The van der Waals surface area contributed by atoms with E-state index in [2.05, 4.69) is 10.5 Å². The molecule has 0 bridgehead atoms. The summed E-state index contributed by atoms with van der Waals surface area (Å²) in [5, 5.41) is 12.2. The summed E-state index contributed by atoms with van der Waals surface area (Å²) in [6.07, 6.45) is 2.00. The SMILES string of the molecule is CCOC(=O)[C@H]1CCC/C1=N/NC(=O)CC#N. The van der Waals surface area contributed by atoms with Crippen LogP contribution in [0.15, 0.2) is 5.10 Å². The number of hydrogen-bond acceptors (Lipinski definition) is 5. The lowest BCUT2D eigenvalue weighted by atomic mass is 10.1. The van der Waals surface area contributed by atoms with Gasteiger partial charge in [-0.2, -0.15) is 10.4 Å². The minimum atomic E-state index is -0.463. The van der Waals surface area contributed by atoms with E-state index in [0.717, 1.165) is 6.42 Å². The number of nitrogens with one attached hydrogen (secondary N) is 1. The molecule has 1 atom stereocenters. The number of nitrogens with zero attached hydrogens (tertiary/aromatic N) is 2. The van der Waals surface area contributed by atoms with E-state index in [0.29, 0.717) is 25.2 Å². The Hall–Kier alpha value is -1.90. The summed E-state index contributed by atoms with van der Waals surface area (Å²) < 4.78 is 4.93. The van der Waals surface area contributed by atoms with E-state index < -0.39 is 5.91 Å². The number of amides is 1. The number of hydrazone groups is 1. The summed E-state index contributed by atoms with van der Waals surface area (Å²) in [6, 6.07) is 1.72. The van der Waals surface area contributed by atoms with E-state index in [1.807, 2.05) is 0 Å². The molecular formula is C11H15N3O3. The predicted molar refractivity (Wildman–Crippen MR) is 59.8 cm³/mol. The van der Waals surface area contributed by atoms with Gasteiger partial charge in [-0.15, -0.1) is 0 Å². The van der Waals surface area contributed by atoms with Gasteiger partial charge in [0.25, 0.3) is 5.91 Å². The van der Waals surface area contributed by atoms with Gasteiger partial charge in [-0.05, 0) is 26.2 Å². The van der Waals surface area contributed by atoms with Crippen LogP contribution in [0.1, 0.15) is 32.6 Å². The zero-order valence-electron chi connectivity index (χ0n) is 9.73. The summed E-state index contributed by atoms with van der Waals surface area (Å²) in [5.74, 6) is -1.11. The molecule has 0 aromatic heterocycles. The first-order valence-corrected chi connectivity index (χ1v) is 5.58. The number of hydrogen-bond donors (Lipinski definition) is 1. The van der Waals surface area contributed by atoms with E-state index in [1.165, 1.54) is 0 Å². The summed E-state index contributed by atoms with van der Waals surface area (Å²) in [7, 11) is 0. The third kappa shape index (κ3) is 3.87. The molecule has 1 aliphatic rings. The van der Waals surface area contributed by atoms with Crippen molar-refractivity contribution in [3.63, 3.8) is 0 Å². The van der Waals surface area contributed by atoms with Crippen molar-refractivity contribution in [2.45, 2.75) is 32.6 Å². The van der Waals surface area contributed by atoms with Gasteiger partial charge in [0.15, 0.2) is 0 Å². The first kappa shape index (κ1) is 13.2. The molecule has 1 N–H and O–H groups in total. The van der Waals surface area contributed by atoms with Crippen molar-refractivity contribution in [3.8, 4) is 6.07 Å². The second-order valence-electron chi connectivity index (χ2n) is 3.67. The number of ether oxygens (including phenoxy) is 1. The second-order valence-corrected chi connectivity index (χ2v) is 3.67. The van der Waals surface area contributed by atoms with Gasteiger partial charge in [0.2, 0.25) is 0 Å². The van der Waals surface area contributed by atoms with Crippen LogP contribution in [0, 0.1) is 17.2 Å². The fraction of sp³-hybridized carbons (Fsp3) is 0.636. The van der Waals surface area contributed by atoms with Crippen molar-refractivity contribution < 1.29 is 14.3 Å². The molecule has 17 heavy (non-hydrogen) atoms. The van der Waals surface area contributed by atoms with E-state index in [9.17, 15) is 9.59 Å². The molecule has 1 rings (SSSR count). The van der Waals surface area contributed by atoms with Crippen LogP contribution in [0.4, 0.5) is 0 Å². The van der Waals surface area contributed by atoms with Crippen LogP contribution in [0.3, 0.4) is 0 Å². The lowest BCUT2D eigenvalue weighted by Crippen LogP contribution is -2.25. The highest BCUT2D eigenvalue weighted by Gasteiger charge is 2.30. The van der Waals surface area contributed by atoms with Crippen molar-refractivity contribution in [1.82, 2.24) is 5.43 Å². The number of nitriles is 1. The summed E-state index contributed by atoms with van der Waals surface area (Å²) >= 11 is 0. The maximum atomic E-state index is 11.6. The Kier molecular flexibility index (Phi) is 5.14. The zero-order chi connectivity index (χ0) is 12.7. The quantitative estimate of drug-likeness (QED) is 0.576. The third-order valence-electron chi connectivity index (χ3n) is 2.46. The average Bonchev–Trinajstić information content (AvgIpc) is 2.75. The van der Waals surface area contributed by atoms with Gasteiger partial charge >= 0.3 is 5.97 Å². The van der Waals surface area contributed by atoms with E-state index in [-0.39, 0.29) is 18.3 Å². The highest BCUT2D eigenvalue weighted by Crippen LogP contribution is 2.23. The van der Waals surface area contributed by atoms with Gasteiger partial charge in [-0.1, -0.05) is 0 Å². The molecule has 0 aromatic carbocycles. The van der Waals surface area contributed by atoms with E-state index in [1.54, 1.807) is 13.0 Å². The summed E-state index contributed by atoms with van der Waals surface area (Å²) in [5.41, 5.74) is 2.91. The number of esters is 1. The third-order valence-corrected chi connectivity index (χ3v) is 2.46. The molecule has 1 fully saturated rings. The van der Waals surface area contributed by atoms with Gasteiger partial charge in [-0.25, -0.2) is 5.43 Å². The van der Waals surface area contributed by atoms with Crippen molar-refractivity contribution in [2.75, 3.05) is 6.61 Å². The maximum absolute atomic E-state index is 11.6. The minimum absolute atomic E-state index is 0.235. The van der Waals surface area contributed by atoms with Gasteiger partial charge in [0, 0.05) is 0 Å². The first-order valence-electron chi connectivity index (χ1n) is 5.58. The van der Waals surface area contributed by atoms with Gasteiger partial charge < -0.3 is 4.74 Å². The number of carbonyl (C=O) groups excluding carboxylic acids is 2. The number of rotatable bonds is 4. The topological polar surface area (TPSA) is 91.5 Å². The van der Waals surface area contributed by atoms with Crippen molar-refractivity contribution in [3.05, 3.63) is 0 Å². The standard InChI is InChI=1S/C11H15N3O3/c1-2-17-11(16)8-4-3-5-9(8)13-14-10(15)6-7-12/h8H,2-6H2,1H3,(H,14,15)/b13-9-/t8-/m0/s1. The van der Waals surface area contributed by atoms with Crippen LogP contribution in [-0.4, -0.2) is 24.2 Å². The van der Waals surface area contributed by atoms with Gasteiger partial charge in [0.05, 0.1) is 24.3 Å². The lowest BCUT2D eigenvalue weighted by molar-refractivity contribution is -0.145. The molecule has 6 heteroatoms. The van der Waals surface area contributed by atoms with Crippen LogP contribution < -0.4 is 5.43 Å². The van der Waals surface area contributed by atoms with Crippen LogP contribution in [0.2, 0.25) is 0 Å². The Bertz CT molecular complexity index is 371. The van der Waals surface area contributed by atoms with Gasteiger partial charge in [-0.3, -0.25) is 9.59 Å². The molecule has 1 amide bonds. The lowest BCUT2D eigenvalue weighted by Gasteiger charge is -2.09. The molecule has 0 radical (unpaired) electrons. The van der Waals surface area contributed by atoms with Gasteiger partial charge in [0.1, 0.15) is 6.42 Å². The van der Waals surface area contributed by atoms with Crippen molar-refractivity contribution in [2.24, 2.45) is 11.0 Å². The van der Waals surface area contributed by atoms with Crippen LogP contribution >= 0.6 is 0 Å². The fourth-order valence-electron chi connectivity index (χ4n) is 1.70. The highest BCUT2D eigenvalue weighted by atomic mass is 16.5. The van der Waals surface area contributed by atoms with E-state index in [4.69, 9.17) is 10.00 Å². The number of carbonyl (C=O) groups is 2. The summed E-state index contributed by atoms with van der Waals surface area (Å²) in [6.45, 7) is 2.09. The monoisotopic (exact) mass is 237 g/mol. The predicted octanol–water partition coefficient (Wildman–Crippen LogP) is 0.735. The average molecular weight is 237 g/mol. The van der Waals surface area contributed by atoms with Crippen LogP contribution in [0.5, 0.6) is 0 Å². The minimum Gasteiger partial charge on any atom is -0.465 e. The smallest absolute Gasteiger partial charge is 0.314 e. The fourth-order valence-corrected chi connectivity index (χ4v) is 1.70. The van der Waals surface area contributed by atoms with Crippen molar-refractivity contribution in [1.29, 1.82) is 5.26 Å². The molecule has 1 saturated carbocycles. The molecule has 1 aliphatic carbocycles. The van der Waals surface area contributed by atoms with E-state index >= 15 is 0 Å². The molecule has 6 nitrogen and oxygen atoms in total. The van der Waals surface area contributed by atoms with Crippen LogP contribution in [0.25, 0.3) is 0 Å². The Morgan fingerprint density at radius 1 is 1.65 bits per heavy atom. The zero-order valence-corrected chi connectivity index (χ0v) is 9.73. The molecule has 0 heterocycles. The first-order chi connectivity index (χ1) is 8.19. The summed E-state index contributed by atoms with van der Waals surface area (Å²) in [4.78, 5) is 22.6. The highest BCUT2D eigenvalue weighted by molar-refractivity contribution is 6.03. The Balaban J connectivity index is 2.57. The Labute approximate surface area is 99.6 Å².